The van der Waals surface area contributed by atoms with Crippen LogP contribution in [0.4, 0.5) is 45.5 Å². The molecular weight excluding hydrogens is 890 g/mol. The molecule has 0 spiro atoms. The molecule has 5 heterocycles. The SMILES string of the molecule is Cc1cc2c3c(c1)N(c1cccc4oc5ccccc5c14)c1cc(-c4ccccc4)ccc1B3c1ccc(N3c4ccc(C(C)(C)C)cc4C4(C)CCCCC34C)cc1N2c1ccc2oc3ccccc3c2c1. The van der Waals surface area contributed by atoms with Gasteiger partial charge in [0, 0.05) is 61.4 Å². The van der Waals surface area contributed by atoms with E-state index in [2.05, 4.69) is 238 Å². The summed E-state index contributed by atoms with van der Waals surface area (Å²) in [6.07, 6.45) is 4.77. The van der Waals surface area contributed by atoms with Gasteiger partial charge in [0.2, 0.25) is 0 Å². The summed E-state index contributed by atoms with van der Waals surface area (Å²) >= 11 is 0. The van der Waals surface area contributed by atoms with Crippen molar-refractivity contribution >= 4 is 112 Å². The molecule has 1 fully saturated rings. The molecule has 0 amide bonds. The Morgan fingerprint density at radius 2 is 1.14 bits per heavy atom. The molecule has 1 aliphatic carbocycles. The maximum Gasteiger partial charge on any atom is 0.252 e. The topological polar surface area (TPSA) is 36.0 Å². The lowest BCUT2D eigenvalue weighted by atomic mass is 9.33. The van der Waals surface area contributed by atoms with E-state index in [0.29, 0.717) is 0 Å². The molecule has 2 unspecified atom stereocenters. The molecule has 2 aromatic heterocycles. The van der Waals surface area contributed by atoms with Crippen LogP contribution in [0.3, 0.4) is 0 Å². The van der Waals surface area contributed by atoms with Crippen LogP contribution in [0.15, 0.2) is 191 Å². The predicted octanol–water partition coefficient (Wildman–Crippen LogP) is 16.6. The second-order valence-electron chi connectivity index (χ2n) is 22.9. The van der Waals surface area contributed by atoms with Gasteiger partial charge in [-0.05, 0) is 155 Å². The van der Waals surface area contributed by atoms with Crippen LogP contribution in [0, 0.1) is 6.92 Å². The van der Waals surface area contributed by atoms with Crippen molar-refractivity contribution < 1.29 is 8.83 Å². The van der Waals surface area contributed by atoms with Gasteiger partial charge < -0.3 is 23.5 Å². The van der Waals surface area contributed by atoms with Gasteiger partial charge in [0.05, 0.1) is 16.6 Å². The quantitative estimate of drug-likeness (QED) is 0.164. The second kappa shape index (κ2) is 15.1. The van der Waals surface area contributed by atoms with Gasteiger partial charge >= 0.3 is 0 Å². The van der Waals surface area contributed by atoms with Crippen molar-refractivity contribution in [1.29, 1.82) is 0 Å². The fourth-order valence-corrected chi connectivity index (χ4v) is 14.0. The lowest BCUT2D eigenvalue weighted by Gasteiger charge is -2.50. The van der Waals surface area contributed by atoms with Crippen molar-refractivity contribution in [2.75, 3.05) is 14.7 Å². The first-order chi connectivity index (χ1) is 35.5. The third-order valence-electron chi connectivity index (χ3n) is 17.8. The lowest BCUT2D eigenvalue weighted by Crippen LogP contribution is -2.61. The van der Waals surface area contributed by atoms with Crippen LogP contribution in [0.2, 0.25) is 0 Å². The summed E-state index contributed by atoms with van der Waals surface area (Å²) in [5, 5.41) is 4.46. The number of rotatable bonds is 4. The molecule has 6 heteroatoms. The Hall–Kier alpha value is -7.96. The minimum atomic E-state index is -0.113. The number of aryl methyl sites for hydroxylation is 1. The largest absolute Gasteiger partial charge is 0.456 e. The highest BCUT2D eigenvalue weighted by Crippen LogP contribution is 2.62. The van der Waals surface area contributed by atoms with Crippen LogP contribution in [-0.2, 0) is 10.8 Å². The molecule has 0 bridgehead atoms. The van der Waals surface area contributed by atoms with Crippen LogP contribution in [-0.4, -0.2) is 12.3 Å². The van der Waals surface area contributed by atoms with E-state index in [1.165, 1.54) is 97.6 Å². The first-order valence-electron chi connectivity index (χ1n) is 26.3. The van der Waals surface area contributed by atoms with Crippen LogP contribution in [0.1, 0.15) is 77.0 Å². The summed E-state index contributed by atoms with van der Waals surface area (Å²) in [6.45, 7) is 14.4. The maximum atomic E-state index is 6.63. The molecule has 11 aromatic rings. The van der Waals surface area contributed by atoms with Crippen LogP contribution >= 0.6 is 0 Å². The number of nitrogens with zero attached hydrogens (tertiary/aromatic N) is 3. The first-order valence-corrected chi connectivity index (χ1v) is 26.3. The molecule has 5 nitrogen and oxygen atoms in total. The number of anilines is 8. The molecule has 4 aliphatic rings. The Balaban J connectivity index is 1.02. The van der Waals surface area contributed by atoms with Crippen molar-refractivity contribution in [3.8, 4) is 11.1 Å². The molecule has 1 saturated carbocycles. The lowest BCUT2D eigenvalue weighted by molar-refractivity contribution is 0.195. The third kappa shape index (κ3) is 5.92. The van der Waals surface area contributed by atoms with E-state index in [1.54, 1.807) is 0 Å². The van der Waals surface area contributed by atoms with Gasteiger partial charge in [-0.2, -0.15) is 0 Å². The molecular formula is C67H56BN3O2. The molecule has 354 valence electrons. The minimum absolute atomic E-state index is 0.00514. The predicted molar refractivity (Wildman–Crippen MR) is 307 cm³/mol. The second-order valence-corrected chi connectivity index (χ2v) is 22.9. The van der Waals surface area contributed by atoms with Crippen molar-refractivity contribution in [2.45, 2.75) is 83.6 Å². The Labute approximate surface area is 427 Å². The number of fused-ring (bicyclic) bond motifs is 13. The smallest absolute Gasteiger partial charge is 0.252 e. The maximum absolute atomic E-state index is 6.63. The molecule has 3 aliphatic heterocycles. The zero-order valence-electron chi connectivity index (χ0n) is 42.4. The Kier molecular flexibility index (Phi) is 8.80. The molecule has 0 saturated heterocycles. The normalized spacial score (nSPS) is 18.9. The van der Waals surface area contributed by atoms with E-state index >= 15 is 0 Å². The van der Waals surface area contributed by atoms with Gasteiger partial charge in [-0.3, -0.25) is 0 Å². The summed E-state index contributed by atoms with van der Waals surface area (Å²) in [7, 11) is 0. The number of benzene rings is 9. The van der Waals surface area contributed by atoms with E-state index in [9.17, 15) is 0 Å². The molecule has 9 aromatic carbocycles. The number of hydrogen-bond acceptors (Lipinski definition) is 5. The van der Waals surface area contributed by atoms with Gasteiger partial charge in [0.25, 0.3) is 6.71 Å². The summed E-state index contributed by atoms with van der Waals surface area (Å²) in [4.78, 5) is 7.89. The Bertz CT molecular complexity index is 4120. The van der Waals surface area contributed by atoms with Crippen LogP contribution < -0.4 is 31.1 Å². The van der Waals surface area contributed by atoms with E-state index in [-0.39, 0.29) is 23.1 Å². The molecule has 2 atom stereocenters. The summed E-state index contributed by atoms with van der Waals surface area (Å²) < 4.78 is 13.1. The Morgan fingerprint density at radius 1 is 0.479 bits per heavy atom. The average molecular weight is 946 g/mol. The van der Waals surface area contributed by atoms with Gasteiger partial charge in [-0.1, -0.05) is 144 Å². The van der Waals surface area contributed by atoms with E-state index in [4.69, 9.17) is 8.83 Å². The van der Waals surface area contributed by atoms with Crippen molar-refractivity contribution in [2.24, 2.45) is 0 Å². The van der Waals surface area contributed by atoms with E-state index < -0.39 is 0 Å². The van der Waals surface area contributed by atoms with E-state index in [0.717, 1.165) is 61.7 Å². The molecule has 15 rings (SSSR count). The molecule has 73 heavy (non-hydrogen) atoms. The standard InChI is InChI=1S/C67H56BN3O2/c1-41-35-57-64-58(36-41)70(54-21-16-24-62-63(54)48-20-11-13-23-60(48)73-62)55-37-43(42-17-8-7-9-18-42)25-29-51(55)68(64)52-30-27-46(40-56(52)69(57)45-28-32-61-49(39-45)47-19-10-12-22-59(47)72-61)71-53-31-26-44(65(2,3)4)38-50(53)66(5)33-14-15-34-67(66,71)6/h7-13,16-32,35-40H,14-15,33-34H2,1-6H3. The van der Waals surface area contributed by atoms with Gasteiger partial charge in [0.1, 0.15) is 22.3 Å². The van der Waals surface area contributed by atoms with Crippen LogP contribution in [0.5, 0.6) is 0 Å². The van der Waals surface area contributed by atoms with Crippen molar-refractivity contribution in [3.05, 3.63) is 199 Å². The number of hydrogen-bond donors (Lipinski definition) is 0. The average Bonchev–Trinajstić information content (AvgIpc) is 4.05. The minimum Gasteiger partial charge on any atom is -0.456 e. The highest BCUT2D eigenvalue weighted by atomic mass is 16.3. The zero-order chi connectivity index (χ0) is 49.1. The summed E-state index contributed by atoms with van der Waals surface area (Å²) in [5.74, 6) is 0. The summed E-state index contributed by atoms with van der Waals surface area (Å²) in [6, 6.07) is 68.1. The molecule has 0 radical (unpaired) electrons. The van der Waals surface area contributed by atoms with Gasteiger partial charge in [-0.25, -0.2) is 0 Å². The number of para-hydroxylation sites is 2. The monoisotopic (exact) mass is 945 g/mol. The highest BCUT2D eigenvalue weighted by molar-refractivity contribution is 7.00. The third-order valence-corrected chi connectivity index (χ3v) is 17.8. The summed E-state index contributed by atoms with van der Waals surface area (Å²) in [5.41, 5.74) is 23.4. The molecule has 0 N–H and O–H groups in total. The van der Waals surface area contributed by atoms with Crippen molar-refractivity contribution in [3.63, 3.8) is 0 Å². The highest BCUT2D eigenvalue weighted by Gasteiger charge is 2.58. The zero-order valence-corrected chi connectivity index (χ0v) is 42.4. The van der Waals surface area contributed by atoms with E-state index in [1.807, 2.05) is 0 Å². The van der Waals surface area contributed by atoms with Gasteiger partial charge in [0.15, 0.2) is 0 Å². The number of furan rings is 2. The van der Waals surface area contributed by atoms with Crippen molar-refractivity contribution in [1.82, 2.24) is 0 Å². The fourth-order valence-electron chi connectivity index (χ4n) is 14.0. The van der Waals surface area contributed by atoms with Gasteiger partial charge in [-0.15, -0.1) is 0 Å². The fraction of sp³-hybridized carbons (Fsp3) is 0.194. The Morgan fingerprint density at radius 3 is 1.95 bits per heavy atom. The van der Waals surface area contributed by atoms with Crippen LogP contribution in [0.25, 0.3) is 55.0 Å². The first kappa shape index (κ1) is 42.7.